The van der Waals surface area contributed by atoms with Crippen molar-refractivity contribution in [2.75, 3.05) is 5.32 Å². The number of carbonyl (C=O) groups is 1. The quantitative estimate of drug-likeness (QED) is 0.786. The number of aromatic nitrogens is 3. The van der Waals surface area contributed by atoms with Gasteiger partial charge < -0.3 is 10.3 Å². The number of H-pyrrole nitrogens is 1. The van der Waals surface area contributed by atoms with Crippen molar-refractivity contribution in [1.82, 2.24) is 20.3 Å². The van der Waals surface area contributed by atoms with Gasteiger partial charge in [0.05, 0.1) is 6.20 Å². The van der Waals surface area contributed by atoms with E-state index in [1.807, 2.05) is 6.07 Å². The van der Waals surface area contributed by atoms with Crippen LogP contribution in [0.25, 0.3) is 11.2 Å². The minimum absolute atomic E-state index is 0.201. The number of aromatic amines is 1. The lowest BCUT2D eigenvalue weighted by atomic mass is 9.86. The molecule has 1 fully saturated rings. The molecule has 0 aromatic carbocycles. The highest BCUT2D eigenvalue weighted by Gasteiger charge is 2.22. The average Bonchev–Trinajstić information content (AvgIpc) is 2.89. The van der Waals surface area contributed by atoms with Crippen LogP contribution in [0.2, 0.25) is 0 Å². The maximum atomic E-state index is 12.0. The molecule has 2 amide bonds. The Morgan fingerprint density at radius 1 is 1.40 bits per heavy atom. The molecule has 0 bridgehead atoms. The van der Waals surface area contributed by atoms with Crippen molar-refractivity contribution in [3.05, 3.63) is 18.5 Å². The van der Waals surface area contributed by atoms with Gasteiger partial charge >= 0.3 is 6.03 Å². The second kappa shape index (κ2) is 5.48. The first kappa shape index (κ1) is 12.9. The smallest absolute Gasteiger partial charge is 0.320 e. The van der Waals surface area contributed by atoms with Crippen LogP contribution in [0.3, 0.4) is 0 Å². The third kappa shape index (κ3) is 2.74. The van der Waals surface area contributed by atoms with Gasteiger partial charge in [0.2, 0.25) is 0 Å². The zero-order chi connectivity index (χ0) is 13.9. The van der Waals surface area contributed by atoms with E-state index in [4.69, 9.17) is 0 Å². The zero-order valence-corrected chi connectivity index (χ0v) is 11.5. The predicted molar refractivity (Wildman–Crippen MR) is 77.5 cm³/mol. The van der Waals surface area contributed by atoms with Crippen molar-refractivity contribution >= 4 is 23.0 Å². The minimum Gasteiger partial charge on any atom is -0.345 e. The molecule has 6 heteroatoms. The van der Waals surface area contributed by atoms with Gasteiger partial charge in [-0.15, -0.1) is 0 Å². The number of fused-ring (bicyclic) bond motifs is 1. The molecule has 6 nitrogen and oxygen atoms in total. The Morgan fingerprint density at radius 3 is 3.10 bits per heavy atom. The SMILES string of the molecule is C[C@@H]1CCCCC1NC(=O)Nc1cnc2[nH]ccc2n1. The highest BCUT2D eigenvalue weighted by Crippen LogP contribution is 2.23. The fourth-order valence-corrected chi connectivity index (χ4v) is 2.74. The number of nitrogens with zero attached hydrogens (tertiary/aromatic N) is 2. The zero-order valence-electron chi connectivity index (χ0n) is 11.5. The monoisotopic (exact) mass is 273 g/mol. The first-order valence-electron chi connectivity index (χ1n) is 7.10. The summed E-state index contributed by atoms with van der Waals surface area (Å²) < 4.78 is 0. The maximum absolute atomic E-state index is 12.0. The third-order valence-corrected chi connectivity index (χ3v) is 3.93. The van der Waals surface area contributed by atoms with E-state index in [0.29, 0.717) is 11.7 Å². The molecule has 1 aliphatic carbocycles. The van der Waals surface area contributed by atoms with Crippen LogP contribution in [0.1, 0.15) is 32.6 Å². The Bertz CT molecular complexity index is 608. The van der Waals surface area contributed by atoms with Crippen LogP contribution in [0.4, 0.5) is 10.6 Å². The van der Waals surface area contributed by atoms with Gasteiger partial charge in [-0.05, 0) is 24.8 Å². The standard InChI is InChI=1S/C14H19N5O/c1-9-4-2-3-5-10(9)18-14(20)19-12-8-16-13-11(17-12)6-7-15-13/h6-10H,2-5H2,1H3,(H,15,16)(H2,17,18,19,20)/t9-,10?/m1/s1. The van der Waals surface area contributed by atoms with Crippen LogP contribution >= 0.6 is 0 Å². The van der Waals surface area contributed by atoms with Gasteiger partial charge in [-0.2, -0.15) is 0 Å². The molecule has 3 N–H and O–H groups in total. The molecule has 106 valence electrons. The largest absolute Gasteiger partial charge is 0.345 e. The van der Waals surface area contributed by atoms with Crippen molar-refractivity contribution < 1.29 is 4.79 Å². The molecular weight excluding hydrogens is 254 g/mol. The maximum Gasteiger partial charge on any atom is 0.320 e. The van der Waals surface area contributed by atoms with Gasteiger partial charge in [-0.25, -0.2) is 14.8 Å². The lowest BCUT2D eigenvalue weighted by Gasteiger charge is -2.29. The number of hydrogen-bond donors (Lipinski definition) is 3. The molecule has 1 saturated carbocycles. The Hall–Kier alpha value is -2.11. The van der Waals surface area contributed by atoms with Crippen LogP contribution in [0, 0.1) is 5.92 Å². The fraction of sp³-hybridized carbons (Fsp3) is 0.500. The van der Waals surface area contributed by atoms with Crippen LogP contribution < -0.4 is 10.6 Å². The molecule has 2 aromatic heterocycles. The van der Waals surface area contributed by atoms with Crippen LogP contribution in [0.5, 0.6) is 0 Å². The van der Waals surface area contributed by atoms with Crippen molar-refractivity contribution in [3.63, 3.8) is 0 Å². The van der Waals surface area contributed by atoms with Crippen molar-refractivity contribution in [1.29, 1.82) is 0 Å². The summed E-state index contributed by atoms with van der Waals surface area (Å²) in [6.45, 7) is 2.19. The minimum atomic E-state index is -0.201. The van der Waals surface area contributed by atoms with Crippen LogP contribution in [-0.2, 0) is 0 Å². The first-order chi connectivity index (χ1) is 9.72. The number of amides is 2. The summed E-state index contributed by atoms with van der Waals surface area (Å²) in [6, 6.07) is 1.88. The van der Waals surface area contributed by atoms with E-state index < -0.39 is 0 Å². The molecule has 0 radical (unpaired) electrons. The van der Waals surface area contributed by atoms with E-state index in [1.165, 1.54) is 19.3 Å². The summed E-state index contributed by atoms with van der Waals surface area (Å²) in [5.74, 6) is 1.01. The Kier molecular flexibility index (Phi) is 3.54. The van der Waals surface area contributed by atoms with Gasteiger partial charge in [0.25, 0.3) is 0 Å². The van der Waals surface area contributed by atoms with E-state index in [2.05, 4.69) is 32.5 Å². The van der Waals surface area contributed by atoms with Gasteiger partial charge in [0, 0.05) is 12.2 Å². The van der Waals surface area contributed by atoms with Gasteiger partial charge in [0.1, 0.15) is 5.52 Å². The van der Waals surface area contributed by atoms with Crippen molar-refractivity contribution in [2.24, 2.45) is 5.92 Å². The van der Waals surface area contributed by atoms with Crippen LogP contribution in [-0.4, -0.2) is 27.0 Å². The number of nitrogens with one attached hydrogen (secondary N) is 3. The summed E-state index contributed by atoms with van der Waals surface area (Å²) in [6.07, 6.45) is 8.01. The second-order valence-electron chi connectivity index (χ2n) is 5.43. The molecule has 0 saturated heterocycles. The number of rotatable bonds is 2. The molecule has 2 heterocycles. The topological polar surface area (TPSA) is 82.7 Å². The lowest BCUT2D eigenvalue weighted by molar-refractivity contribution is 0.232. The van der Waals surface area contributed by atoms with Gasteiger partial charge in [-0.1, -0.05) is 19.8 Å². The Morgan fingerprint density at radius 2 is 2.25 bits per heavy atom. The van der Waals surface area contributed by atoms with E-state index in [1.54, 1.807) is 12.4 Å². The molecular formula is C14H19N5O. The number of anilines is 1. The molecule has 1 aliphatic rings. The van der Waals surface area contributed by atoms with Gasteiger partial charge in [-0.3, -0.25) is 5.32 Å². The Labute approximate surface area is 117 Å². The second-order valence-corrected chi connectivity index (χ2v) is 5.43. The lowest BCUT2D eigenvalue weighted by Crippen LogP contribution is -2.43. The molecule has 1 unspecified atom stereocenters. The molecule has 3 rings (SSSR count). The summed E-state index contributed by atoms with van der Waals surface area (Å²) in [5, 5.41) is 5.79. The van der Waals surface area contributed by atoms with E-state index in [0.717, 1.165) is 17.6 Å². The highest BCUT2D eigenvalue weighted by molar-refractivity contribution is 5.89. The van der Waals surface area contributed by atoms with E-state index in [-0.39, 0.29) is 12.1 Å². The fourth-order valence-electron chi connectivity index (χ4n) is 2.74. The highest BCUT2D eigenvalue weighted by atomic mass is 16.2. The number of carbonyl (C=O) groups excluding carboxylic acids is 1. The number of hydrogen-bond acceptors (Lipinski definition) is 3. The molecule has 0 aliphatic heterocycles. The van der Waals surface area contributed by atoms with Crippen LogP contribution in [0.15, 0.2) is 18.5 Å². The molecule has 20 heavy (non-hydrogen) atoms. The first-order valence-corrected chi connectivity index (χ1v) is 7.10. The molecule has 2 atom stereocenters. The third-order valence-electron chi connectivity index (χ3n) is 3.93. The molecule has 0 spiro atoms. The summed E-state index contributed by atoms with van der Waals surface area (Å²) in [7, 11) is 0. The summed E-state index contributed by atoms with van der Waals surface area (Å²) in [5.41, 5.74) is 1.46. The van der Waals surface area contributed by atoms with Crippen molar-refractivity contribution in [3.8, 4) is 0 Å². The predicted octanol–water partition coefficient (Wildman–Crippen LogP) is 2.66. The number of urea groups is 1. The molecule has 2 aromatic rings. The normalized spacial score (nSPS) is 22.6. The Balaban J connectivity index is 1.63. The van der Waals surface area contributed by atoms with E-state index >= 15 is 0 Å². The summed E-state index contributed by atoms with van der Waals surface area (Å²) in [4.78, 5) is 23.5. The average molecular weight is 273 g/mol. The van der Waals surface area contributed by atoms with E-state index in [9.17, 15) is 4.79 Å². The van der Waals surface area contributed by atoms with Crippen molar-refractivity contribution in [2.45, 2.75) is 38.6 Å². The van der Waals surface area contributed by atoms with Gasteiger partial charge in [0.15, 0.2) is 11.5 Å². The summed E-state index contributed by atoms with van der Waals surface area (Å²) >= 11 is 0.